The number of H-pyrrole nitrogens is 1. The van der Waals surface area contributed by atoms with Gasteiger partial charge in [-0.15, -0.1) is 0 Å². The number of nitrogens with zero attached hydrogens (tertiary/aromatic N) is 2. The number of pyridine rings is 1. The minimum atomic E-state index is -0.591. The molecule has 2 aromatic rings. The SMILES string of the molecule is CC(=O)N(C[C@H]1CN(c2ccc3[nH]c(=O)ccc3c2)C(=O)O1)C(C)=O. The molecule has 130 valence electrons. The van der Waals surface area contributed by atoms with Crippen LogP contribution in [0.15, 0.2) is 35.1 Å². The second-order valence-corrected chi connectivity index (χ2v) is 5.86. The fourth-order valence-electron chi connectivity index (χ4n) is 2.82. The Balaban J connectivity index is 1.81. The number of fused-ring (bicyclic) bond motifs is 1. The van der Waals surface area contributed by atoms with Crippen molar-refractivity contribution in [1.82, 2.24) is 9.88 Å². The van der Waals surface area contributed by atoms with Gasteiger partial charge in [0.2, 0.25) is 17.4 Å². The number of anilines is 1. The van der Waals surface area contributed by atoms with E-state index in [4.69, 9.17) is 4.74 Å². The van der Waals surface area contributed by atoms with Crippen LogP contribution in [0.5, 0.6) is 0 Å². The van der Waals surface area contributed by atoms with Crippen molar-refractivity contribution in [3.63, 3.8) is 0 Å². The number of amides is 3. The Kier molecular flexibility index (Phi) is 4.26. The number of benzene rings is 1. The van der Waals surface area contributed by atoms with Crippen LogP contribution in [0.2, 0.25) is 0 Å². The summed E-state index contributed by atoms with van der Waals surface area (Å²) in [5, 5.41) is 0.780. The lowest BCUT2D eigenvalue weighted by atomic mass is 10.2. The first kappa shape index (κ1) is 16.7. The Bertz CT molecular complexity index is 906. The van der Waals surface area contributed by atoms with Gasteiger partial charge in [0.15, 0.2) is 0 Å². The topological polar surface area (TPSA) is 99.8 Å². The number of ether oxygens (including phenoxy) is 1. The molecule has 25 heavy (non-hydrogen) atoms. The third-order valence-corrected chi connectivity index (χ3v) is 4.04. The molecule has 1 saturated heterocycles. The van der Waals surface area contributed by atoms with Crippen molar-refractivity contribution < 1.29 is 19.1 Å². The van der Waals surface area contributed by atoms with E-state index >= 15 is 0 Å². The first-order chi connectivity index (χ1) is 11.8. The predicted molar refractivity (Wildman–Crippen MR) is 90.3 cm³/mol. The summed E-state index contributed by atoms with van der Waals surface area (Å²) in [5.74, 6) is -0.784. The van der Waals surface area contributed by atoms with Gasteiger partial charge in [-0.1, -0.05) is 0 Å². The molecule has 1 N–H and O–H groups in total. The van der Waals surface area contributed by atoms with E-state index in [0.717, 1.165) is 10.3 Å². The first-order valence-electron chi connectivity index (χ1n) is 7.75. The van der Waals surface area contributed by atoms with Gasteiger partial charge in [0, 0.05) is 36.5 Å². The zero-order valence-electron chi connectivity index (χ0n) is 13.8. The summed E-state index contributed by atoms with van der Waals surface area (Å²) in [6.07, 6.45) is -1.13. The third-order valence-electron chi connectivity index (χ3n) is 4.04. The third kappa shape index (κ3) is 3.37. The van der Waals surface area contributed by atoms with E-state index in [1.807, 2.05) is 0 Å². The highest BCUT2D eigenvalue weighted by Crippen LogP contribution is 2.25. The van der Waals surface area contributed by atoms with Gasteiger partial charge in [-0.25, -0.2) is 4.79 Å². The van der Waals surface area contributed by atoms with Crippen LogP contribution < -0.4 is 10.5 Å². The number of hydrogen-bond acceptors (Lipinski definition) is 5. The monoisotopic (exact) mass is 343 g/mol. The molecule has 1 aliphatic rings. The largest absolute Gasteiger partial charge is 0.442 e. The highest BCUT2D eigenvalue weighted by molar-refractivity contribution is 5.94. The molecule has 2 heterocycles. The second-order valence-electron chi connectivity index (χ2n) is 5.86. The van der Waals surface area contributed by atoms with E-state index in [1.54, 1.807) is 24.3 Å². The highest BCUT2D eigenvalue weighted by Gasteiger charge is 2.34. The maximum absolute atomic E-state index is 12.2. The van der Waals surface area contributed by atoms with E-state index in [9.17, 15) is 19.2 Å². The molecule has 0 aliphatic carbocycles. The molecule has 0 bridgehead atoms. The molecule has 8 nitrogen and oxygen atoms in total. The lowest BCUT2D eigenvalue weighted by Crippen LogP contribution is -2.40. The summed E-state index contributed by atoms with van der Waals surface area (Å²) in [4.78, 5) is 51.7. The van der Waals surface area contributed by atoms with Crippen LogP contribution in [0.25, 0.3) is 10.9 Å². The van der Waals surface area contributed by atoms with Crippen molar-refractivity contribution >= 4 is 34.5 Å². The van der Waals surface area contributed by atoms with Crippen LogP contribution in [-0.2, 0) is 14.3 Å². The zero-order valence-corrected chi connectivity index (χ0v) is 13.8. The van der Waals surface area contributed by atoms with Gasteiger partial charge in [0.05, 0.1) is 13.1 Å². The molecule has 3 rings (SSSR count). The standard InChI is InChI=1S/C17H17N3O5/c1-10(21)19(11(2)22)8-14-9-20(17(24)25-14)13-4-5-15-12(7-13)3-6-16(23)18-15/h3-7,14H,8-9H2,1-2H3,(H,18,23)/t14-/m0/s1. The van der Waals surface area contributed by atoms with Crippen molar-refractivity contribution in [3.05, 3.63) is 40.7 Å². The number of nitrogens with one attached hydrogen (secondary N) is 1. The lowest BCUT2D eigenvalue weighted by molar-refractivity contribution is -0.143. The zero-order chi connectivity index (χ0) is 18.1. The van der Waals surface area contributed by atoms with Gasteiger partial charge in [0.1, 0.15) is 6.10 Å². The summed E-state index contributed by atoms with van der Waals surface area (Å²) < 4.78 is 5.27. The fraction of sp³-hybridized carbons (Fsp3) is 0.294. The molecule has 3 amide bonds. The number of hydrogen-bond donors (Lipinski definition) is 1. The smallest absolute Gasteiger partial charge is 0.414 e. The van der Waals surface area contributed by atoms with E-state index in [-0.39, 0.29) is 18.6 Å². The molecule has 0 saturated carbocycles. The van der Waals surface area contributed by atoms with Gasteiger partial charge in [0.25, 0.3) is 0 Å². The van der Waals surface area contributed by atoms with Crippen LogP contribution in [0.4, 0.5) is 10.5 Å². The Morgan fingerprint density at radius 1 is 1.20 bits per heavy atom. The Hall–Kier alpha value is -3.16. The number of carbonyl (C=O) groups excluding carboxylic acids is 3. The van der Waals surface area contributed by atoms with Crippen molar-refractivity contribution in [2.24, 2.45) is 0 Å². The van der Waals surface area contributed by atoms with Gasteiger partial charge >= 0.3 is 6.09 Å². The van der Waals surface area contributed by atoms with E-state index in [2.05, 4.69) is 4.98 Å². The second kappa shape index (κ2) is 6.39. The van der Waals surface area contributed by atoms with Crippen molar-refractivity contribution in [3.8, 4) is 0 Å². The average Bonchev–Trinajstić information content (AvgIpc) is 2.92. The molecular weight excluding hydrogens is 326 g/mol. The number of aromatic nitrogens is 1. The first-order valence-corrected chi connectivity index (χ1v) is 7.75. The van der Waals surface area contributed by atoms with Gasteiger partial charge in [-0.3, -0.25) is 24.2 Å². The molecule has 8 heteroatoms. The van der Waals surface area contributed by atoms with Crippen LogP contribution in [0.1, 0.15) is 13.8 Å². The average molecular weight is 343 g/mol. The van der Waals surface area contributed by atoms with Crippen LogP contribution >= 0.6 is 0 Å². The van der Waals surface area contributed by atoms with Crippen LogP contribution in [0, 0.1) is 0 Å². The Morgan fingerprint density at radius 3 is 2.60 bits per heavy atom. The molecular formula is C17H17N3O5. The molecule has 1 aliphatic heterocycles. The molecule has 1 atom stereocenters. The number of rotatable bonds is 3. The quantitative estimate of drug-likeness (QED) is 0.904. The molecule has 1 aromatic carbocycles. The summed E-state index contributed by atoms with van der Waals surface area (Å²) in [6, 6.07) is 8.26. The minimum absolute atomic E-state index is 0.0216. The van der Waals surface area contributed by atoms with Gasteiger partial charge < -0.3 is 9.72 Å². The highest BCUT2D eigenvalue weighted by atomic mass is 16.6. The molecule has 1 fully saturated rings. The van der Waals surface area contributed by atoms with Crippen LogP contribution in [0.3, 0.4) is 0 Å². The molecule has 0 unspecified atom stereocenters. The van der Waals surface area contributed by atoms with E-state index in [0.29, 0.717) is 11.2 Å². The normalized spacial score (nSPS) is 16.8. The lowest BCUT2D eigenvalue weighted by Gasteiger charge is -2.20. The summed E-state index contributed by atoms with van der Waals surface area (Å²) in [7, 11) is 0. The Morgan fingerprint density at radius 2 is 1.92 bits per heavy atom. The summed E-state index contributed by atoms with van der Waals surface area (Å²) in [6.45, 7) is 2.83. The number of carbonyl (C=O) groups is 3. The molecule has 0 spiro atoms. The molecule has 0 radical (unpaired) electrons. The maximum Gasteiger partial charge on any atom is 0.414 e. The summed E-state index contributed by atoms with van der Waals surface area (Å²) >= 11 is 0. The number of cyclic esters (lactones) is 1. The predicted octanol–water partition coefficient (Wildman–Crippen LogP) is 1.25. The van der Waals surface area contributed by atoms with Crippen molar-refractivity contribution in [1.29, 1.82) is 0 Å². The number of imide groups is 1. The van der Waals surface area contributed by atoms with E-state index < -0.39 is 24.0 Å². The van der Waals surface area contributed by atoms with Crippen molar-refractivity contribution in [2.45, 2.75) is 20.0 Å². The van der Waals surface area contributed by atoms with Crippen molar-refractivity contribution in [2.75, 3.05) is 18.0 Å². The van der Waals surface area contributed by atoms with Crippen LogP contribution in [-0.4, -0.2) is 47.0 Å². The van der Waals surface area contributed by atoms with Gasteiger partial charge in [-0.05, 0) is 24.3 Å². The van der Waals surface area contributed by atoms with Gasteiger partial charge in [-0.2, -0.15) is 0 Å². The summed E-state index contributed by atoms with van der Waals surface area (Å²) in [5.41, 5.74) is 1.08. The Labute approximate surface area is 143 Å². The fourth-order valence-corrected chi connectivity index (χ4v) is 2.82. The molecule has 1 aromatic heterocycles. The maximum atomic E-state index is 12.2. The number of aromatic amines is 1. The van der Waals surface area contributed by atoms with E-state index in [1.165, 1.54) is 24.8 Å². The minimum Gasteiger partial charge on any atom is -0.442 e.